The van der Waals surface area contributed by atoms with Gasteiger partial charge in [0.2, 0.25) is 0 Å². The zero-order valence-corrected chi connectivity index (χ0v) is 5.56. The van der Waals surface area contributed by atoms with Crippen molar-refractivity contribution in [3.8, 4) is 0 Å². The predicted octanol–water partition coefficient (Wildman–Crippen LogP) is 2.75. The van der Waals surface area contributed by atoms with Crippen molar-refractivity contribution in [3.05, 3.63) is 12.2 Å². The van der Waals surface area contributed by atoms with E-state index in [0.717, 1.165) is 5.92 Å². The number of allylic oxidation sites excluding steroid dienone is 2. The maximum atomic E-state index is 2.29. The molecule has 8 heavy (non-hydrogen) atoms. The van der Waals surface area contributed by atoms with Crippen LogP contribution in [0.15, 0.2) is 12.2 Å². The van der Waals surface area contributed by atoms with Crippen LogP contribution < -0.4 is 0 Å². The molecular formula is C8H14. The molecule has 0 aliphatic heterocycles. The molecule has 0 aromatic carbocycles. The maximum Gasteiger partial charge on any atom is -0.00531 e. The van der Waals surface area contributed by atoms with E-state index in [2.05, 4.69) is 19.1 Å². The van der Waals surface area contributed by atoms with Crippen LogP contribution in [0.25, 0.3) is 0 Å². The van der Waals surface area contributed by atoms with Crippen molar-refractivity contribution in [1.29, 1.82) is 0 Å². The van der Waals surface area contributed by atoms with Gasteiger partial charge in [0.1, 0.15) is 0 Å². The predicted molar refractivity (Wildman–Crippen MR) is 36.8 cm³/mol. The summed E-state index contributed by atoms with van der Waals surface area (Å²) in [4.78, 5) is 0. The van der Waals surface area contributed by atoms with E-state index in [0.29, 0.717) is 0 Å². The Bertz CT molecular complexity index is 76.0. The second-order valence-electron chi connectivity index (χ2n) is 2.54. The monoisotopic (exact) mass is 110 g/mol. The number of unbranched alkanes of at least 4 members (excludes halogenated alkanes) is 2. The van der Waals surface area contributed by atoms with Crippen LogP contribution in [0.2, 0.25) is 0 Å². The molecule has 1 aliphatic carbocycles. The third kappa shape index (κ3) is 2.15. The molecule has 0 radical (unpaired) electrons. The fourth-order valence-electron chi connectivity index (χ4n) is 0.901. The molecule has 0 heterocycles. The molecule has 1 rings (SSSR count). The molecular weight excluding hydrogens is 96.1 g/mol. The number of hydrogen-bond acceptors (Lipinski definition) is 0. The normalized spacial score (nSPS) is 17.1. The van der Waals surface area contributed by atoms with E-state index >= 15 is 0 Å². The number of rotatable bonds is 4. The van der Waals surface area contributed by atoms with E-state index < -0.39 is 0 Å². The Morgan fingerprint density at radius 3 is 2.50 bits per heavy atom. The van der Waals surface area contributed by atoms with Crippen molar-refractivity contribution >= 4 is 0 Å². The maximum absolute atomic E-state index is 2.29. The van der Waals surface area contributed by atoms with Gasteiger partial charge in [0.15, 0.2) is 0 Å². The SMILES string of the molecule is CCCCCC1C=C1. The van der Waals surface area contributed by atoms with E-state index in [-0.39, 0.29) is 0 Å². The van der Waals surface area contributed by atoms with Crippen molar-refractivity contribution in [1.82, 2.24) is 0 Å². The van der Waals surface area contributed by atoms with Gasteiger partial charge in [-0.1, -0.05) is 38.3 Å². The van der Waals surface area contributed by atoms with E-state index in [1.165, 1.54) is 25.7 Å². The first-order valence-electron chi connectivity index (χ1n) is 3.62. The lowest BCUT2D eigenvalue weighted by molar-refractivity contribution is 0.644. The number of hydrogen-bond donors (Lipinski definition) is 0. The van der Waals surface area contributed by atoms with Gasteiger partial charge in [-0.05, 0) is 12.3 Å². The summed E-state index contributed by atoms with van der Waals surface area (Å²) in [5, 5.41) is 0. The molecule has 0 saturated heterocycles. The lowest BCUT2D eigenvalue weighted by Crippen LogP contribution is -1.77. The largest absolute Gasteiger partial charge is 0.0810 e. The fraction of sp³-hybridized carbons (Fsp3) is 0.750. The highest BCUT2D eigenvalue weighted by molar-refractivity contribution is 5.12. The molecule has 0 aromatic rings. The van der Waals surface area contributed by atoms with E-state index in [1.54, 1.807) is 0 Å². The Kier molecular flexibility index (Phi) is 2.13. The average molecular weight is 110 g/mol. The van der Waals surface area contributed by atoms with Crippen molar-refractivity contribution in [2.75, 3.05) is 0 Å². The van der Waals surface area contributed by atoms with Gasteiger partial charge >= 0.3 is 0 Å². The topological polar surface area (TPSA) is 0 Å². The van der Waals surface area contributed by atoms with E-state index in [1.807, 2.05) is 0 Å². The molecule has 0 bridgehead atoms. The van der Waals surface area contributed by atoms with Gasteiger partial charge in [0, 0.05) is 0 Å². The van der Waals surface area contributed by atoms with Crippen LogP contribution in [-0.2, 0) is 0 Å². The molecule has 0 saturated carbocycles. The summed E-state index contributed by atoms with van der Waals surface area (Å²) in [6, 6.07) is 0. The first-order chi connectivity index (χ1) is 3.93. The minimum atomic E-state index is 0.904. The van der Waals surface area contributed by atoms with Crippen LogP contribution in [-0.4, -0.2) is 0 Å². The summed E-state index contributed by atoms with van der Waals surface area (Å²) < 4.78 is 0. The van der Waals surface area contributed by atoms with Crippen molar-refractivity contribution < 1.29 is 0 Å². The van der Waals surface area contributed by atoms with Crippen LogP contribution in [0.4, 0.5) is 0 Å². The van der Waals surface area contributed by atoms with Gasteiger partial charge in [-0.25, -0.2) is 0 Å². The van der Waals surface area contributed by atoms with Gasteiger partial charge in [0.25, 0.3) is 0 Å². The molecule has 0 N–H and O–H groups in total. The summed E-state index contributed by atoms with van der Waals surface area (Å²) >= 11 is 0. The Labute approximate surface area is 51.6 Å². The van der Waals surface area contributed by atoms with Crippen LogP contribution in [0.3, 0.4) is 0 Å². The van der Waals surface area contributed by atoms with Crippen molar-refractivity contribution in [3.63, 3.8) is 0 Å². The quantitative estimate of drug-likeness (QED) is 0.385. The summed E-state index contributed by atoms with van der Waals surface area (Å²) in [6.07, 6.45) is 10.2. The van der Waals surface area contributed by atoms with Crippen molar-refractivity contribution in [2.45, 2.75) is 32.6 Å². The molecule has 0 spiro atoms. The highest BCUT2D eigenvalue weighted by atomic mass is 14.1. The molecule has 0 atom stereocenters. The molecule has 1 aliphatic rings. The Balaban J connectivity index is 1.75. The van der Waals surface area contributed by atoms with E-state index in [9.17, 15) is 0 Å². The van der Waals surface area contributed by atoms with Crippen LogP contribution in [0.5, 0.6) is 0 Å². The van der Waals surface area contributed by atoms with Gasteiger partial charge in [-0.15, -0.1) is 0 Å². The summed E-state index contributed by atoms with van der Waals surface area (Å²) in [5.41, 5.74) is 0. The lowest BCUT2D eigenvalue weighted by atomic mass is 10.1. The molecule has 0 amide bonds. The summed E-state index contributed by atoms with van der Waals surface area (Å²) in [7, 11) is 0. The fourth-order valence-corrected chi connectivity index (χ4v) is 0.901. The zero-order chi connectivity index (χ0) is 5.82. The smallest absolute Gasteiger partial charge is 0.00531 e. The Hall–Kier alpha value is -0.260. The standard InChI is InChI=1S/C8H14/c1-2-3-4-5-8-6-7-8/h6-8H,2-5H2,1H3. The highest BCUT2D eigenvalue weighted by Gasteiger charge is 2.08. The highest BCUT2D eigenvalue weighted by Crippen LogP contribution is 2.22. The molecule has 46 valence electrons. The third-order valence-corrected chi connectivity index (χ3v) is 1.61. The second kappa shape index (κ2) is 2.91. The molecule has 0 nitrogen and oxygen atoms in total. The average Bonchev–Trinajstić information content (AvgIpc) is 2.51. The molecule has 0 aromatic heterocycles. The second-order valence-corrected chi connectivity index (χ2v) is 2.54. The minimum Gasteiger partial charge on any atom is -0.0810 e. The van der Waals surface area contributed by atoms with Gasteiger partial charge < -0.3 is 0 Å². The summed E-state index contributed by atoms with van der Waals surface area (Å²) in [5.74, 6) is 0.904. The van der Waals surface area contributed by atoms with Gasteiger partial charge in [-0.3, -0.25) is 0 Å². The van der Waals surface area contributed by atoms with Crippen LogP contribution >= 0.6 is 0 Å². The van der Waals surface area contributed by atoms with E-state index in [4.69, 9.17) is 0 Å². The van der Waals surface area contributed by atoms with Gasteiger partial charge in [0.05, 0.1) is 0 Å². The lowest BCUT2D eigenvalue weighted by Gasteiger charge is -1.93. The first-order valence-corrected chi connectivity index (χ1v) is 3.62. The molecule has 0 heteroatoms. The van der Waals surface area contributed by atoms with Gasteiger partial charge in [-0.2, -0.15) is 0 Å². The third-order valence-electron chi connectivity index (χ3n) is 1.61. The summed E-state index contributed by atoms with van der Waals surface area (Å²) in [6.45, 7) is 2.25. The van der Waals surface area contributed by atoms with Crippen LogP contribution in [0, 0.1) is 5.92 Å². The molecule has 0 fully saturated rings. The zero-order valence-electron chi connectivity index (χ0n) is 5.56. The van der Waals surface area contributed by atoms with Crippen LogP contribution in [0.1, 0.15) is 32.6 Å². The minimum absolute atomic E-state index is 0.904. The molecule has 0 unspecified atom stereocenters. The first kappa shape index (κ1) is 5.87. The Morgan fingerprint density at radius 1 is 1.25 bits per heavy atom. The Morgan fingerprint density at radius 2 is 2.00 bits per heavy atom. The van der Waals surface area contributed by atoms with Crippen molar-refractivity contribution in [2.24, 2.45) is 5.92 Å².